The van der Waals surface area contributed by atoms with Gasteiger partial charge >= 0.3 is 0 Å². The summed E-state index contributed by atoms with van der Waals surface area (Å²) in [5.74, 6) is 0. The zero-order valence-electron chi connectivity index (χ0n) is 21.5. The summed E-state index contributed by atoms with van der Waals surface area (Å²) in [6, 6.07) is 9.31. The van der Waals surface area contributed by atoms with Crippen molar-refractivity contribution in [3.8, 4) is 0 Å². The van der Waals surface area contributed by atoms with Crippen LogP contribution in [0.3, 0.4) is 0 Å². The molecule has 0 spiro atoms. The first-order chi connectivity index (χ1) is 19.1. The molecule has 3 aliphatic heterocycles. The number of aliphatic hydroxyl groups excluding tert-OH is 9. The Morgan fingerprint density at radius 1 is 0.675 bits per heavy atom. The molecule has 9 N–H and O–H groups in total. The van der Waals surface area contributed by atoms with Crippen molar-refractivity contribution in [1.82, 2.24) is 0 Å². The minimum Gasteiger partial charge on any atom is -0.394 e. The Hall–Kier alpha value is -1.38. The molecule has 14 unspecified atom stereocenters. The summed E-state index contributed by atoms with van der Waals surface area (Å²) in [6.45, 7) is -1.36. The standard InChI is InChI=1S/C25H38O15/c26-8-13-16(29)18(31)21(34)24(38-13)40-22-19(32)17(30)14(10-37-23-20(33)15(28)12(27)9-36-23)39-25(22)35-7-6-11-4-2-1-3-5-11/h1-5,12-34H,6-10H2. The molecule has 14 atom stereocenters. The van der Waals surface area contributed by atoms with Gasteiger partial charge in [0.1, 0.15) is 67.1 Å². The van der Waals surface area contributed by atoms with E-state index in [1.165, 1.54) is 0 Å². The maximum Gasteiger partial charge on any atom is 0.187 e. The van der Waals surface area contributed by atoms with E-state index < -0.39 is 99.2 Å². The van der Waals surface area contributed by atoms with Crippen LogP contribution in [0.4, 0.5) is 0 Å². The van der Waals surface area contributed by atoms with E-state index in [1.807, 2.05) is 30.3 Å². The molecule has 4 rings (SSSR count). The second-order valence-corrected chi connectivity index (χ2v) is 10.0. The molecule has 0 aliphatic carbocycles. The Kier molecular flexibility index (Phi) is 11.2. The Morgan fingerprint density at radius 3 is 2.02 bits per heavy atom. The van der Waals surface area contributed by atoms with E-state index in [9.17, 15) is 46.0 Å². The van der Waals surface area contributed by atoms with Crippen molar-refractivity contribution in [3.05, 3.63) is 35.9 Å². The van der Waals surface area contributed by atoms with Crippen LogP contribution in [0.2, 0.25) is 0 Å². The van der Waals surface area contributed by atoms with E-state index >= 15 is 0 Å². The Balaban J connectivity index is 1.45. The summed E-state index contributed by atoms with van der Waals surface area (Å²) in [7, 11) is 0. The summed E-state index contributed by atoms with van der Waals surface area (Å²) >= 11 is 0. The van der Waals surface area contributed by atoms with Crippen molar-refractivity contribution in [1.29, 1.82) is 0 Å². The summed E-state index contributed by atoms with van der Waals surface area (Å²) in [5, 5.41) is 91.4. The highest BCUT2D eigenvalue weighted by molar-refractivity contribution is 5.14. The summed E-state index contributed by atoms with van der Waals surface area (Å²) in [5.41, 5.74) is 0.939. The molecule has 40 heavy (non-hydrogen) atoms. The number of rotatable bonds is 10. The van der Waals surface area contributed by atoms with Crippen molar-refractivity contribution in [3.63, 3.8) is 0 Å². The van der Waals surface area contributed by atoms with Crippen molar-refractivity contribution in [2.75, 3.05) is 26.4 Å². The van der Waals surface area contributed by atoms with Gasteiger partial charge in [-0.15, -0.1) is 0 Å². The fourth-order valence-electron chi connectivity index (χ4n) is 4.71. The molecule has 0 saturated carbocycles. The number of hydrogen-bond acceptors (Lipinski definition) is 15. The zero-order chi connectivity index (χ0) is 29.0. The Labute approximate surface area is 229 Å². The molecule has 1 aromatic carbocycles. The molecule has 3 fully saturated rings. The molecule has 0 bridgehead atoms. The van der Waals surface area contributed by atoms with E-state index in [-0.39, 0.29) is 13.2 Å². The molecule has 3 saturated heterocycles. The van der Waals surface area contributed by atoms with Gasteiger partial charge in [-0.25, -0.2) is 0 Å². The third kappa shape index (κ3) is 7.15. The van der Waals surface area contributed by atoms with Crippen LogP contribution in [-0.2, 0) is 34.8 Å². The van der Waals surface area contributed by atoms with Gasteiger partial charge in [0.15, 0.2) is 18.9 Å². The lowest BCUT2D eigenvalue weighted by molar-refractivity contribution is -0.370. The fourth-order valence-corrected chi connectivity index (χ4v) is 4.71. The van der Waals surface area contributed by atoms with Gasteiger partial charge in [0.05, 0.1) is 26.4 Å². The van der Waals surface area contributed by atoms with E-state index in [1.54, 1.807) is 0 Å². The van der Waals surface area contributed by atoms with Crippen molar-refractivity contribution in [2.45, 2.75) is 92.4 Å². The third-order valence-electron chi connectivity index (χ3n) is 7.18. The highest BCUT2D eigenvalue weighted by Gasteiger charge is 2.51. The Bertz CT molecular complexity index is 892. The van der Waals surface area contributed by atoms with Gasteiger partial charge in [-0.1, -0.05) is 30.3 Å². The molecule has 0 radical (unpaired) electrons. The van der Waals surface area contributed by atoms with Gasteiger partial charge in [0.25, 0.3) is 0 Å². The largest absolute Gasteiger partial charge is 0.394 e. The smallest absolute Gasteiger partial charge is 0.187 e. The summed E-state index contributed by atoms with van der Waals surface area (Å²) < 4.78 is 33.4. The second kappa shape index (κ2) is 14.2. The fraction of sp³-hybridized carbons (Fsp3) is 0.760. The topological polar surface area (TPSA) is 237 Å². The summed E-state index contributed by atoms with van der Waals surface area (Å²) in [6.07, 6.45) is -20.8. The van der Waals surface area contributed by atoms with Crippen LogP contribution in [0, 0.1) is 0 Å². The third-order valence-corrected chi connectivity index (χ3v) is 7.18. The minimum absolute atomic E-state index is 0.0775. The number of hydrogen-bond donors (Lipinski definition) is 9. The molecular weight excluding hydrogens is 540 g/mol. The first kappa shape index (κ1) is 31.6. The van der Waals surface area contributed by atoms with E-state index in [2.05, 4.69) is 0 Å². The second-order valence-electron chi connectivity index (χ2n) is 10.0. The van der Waals surface area contributed by atoms with Crippen LogP contribution < -0.4 is 0 Å². The van der Waals surface area contributed by atoms with Crippen LogP contribution in [0.15, 0.2) is 30.3 Å². The van der Waals surface area contributed by atoms with Crippen molar-refractivity contribution < 1.29 is 74.4 Å². The van der Waals surface area contributed by atoms with Gasteiger partial charge in [0.2, 0.25) is 0 Å². The predicted octanol–water partition coefficient (Wildman–Crippen LogP) is -4.67. The molecule has 3 aliphatic rings. The van der Waals surface area contributed by atoms with Gasteiger partial charge in [0, 0.05) is 0 Å². The molecule has 1 aromatic rings. The van der Waals surface area contributed by atoms with Gasteiger partial charge in [-0.3, -0.25) is 0 Å². The SMILES string of the molecule is OCC1OC(OC2C(OCCc3ccccc3)OC(COC3OCC(O)C(O)C3O)C(O)C2O)C(O)C(O)C1O. The van der Waals surface area contributed by atoms with Crippen LogP contribution in [-0.4, -0.2) is 158 Å². The average Bonchev–Trinajstić information content (AvgIpc) is 2.96. The lowest BCUT2D eigenvalue weighted by atomic mass is 9.97. The maximum absolute atomic E-state index is 11.0. The molecule has 3 heterocycles. The zero-order valence-corrected chi connectivity index (χ0v) is 21.5. The average molecular weight is 579 g/mol. The summed E-state index contributed by atoms with van der Waals surface area (Å²) in [4.78, 5) is 0. The van der Waals surface area contributed by atoms with Gasteiger partial charge in [-0.2, -0.15) is 0 Å². The van der Waals surface area contributed by atoms with E-state index in [4.69, 9.17) is 28.4 Å². The van der Waals surface area contributed by atoms with Crippen LogP contribution >= 0.6 is 0 Å². The molecular formula is C25H38O15. The van der Waals surface area contributed by atoms with E-state index in [0.717, 1.165) is 5.56 Å². The normalized spacial score (nSPS) is 44.4. The molecule has 0 amide bonds. The van der Waals surface area contributed by atoms with Crippen LogP contribution in [0.5, 0.6) is 0 Å². The van der Waals surface area contributed by atoms with Gasteiger partial charge in [-0.05, 0) is 12.0 Å². The maximum atomic E-state index is 11.0. The monoisotopic (exact) mass is 578 g/mol. The lowest BCUT2D eigenvalue weighted by Gasteiger charge is -2.46. The lowest BCUT2D eigenvalue weighted by Crippen LogP contribution is -2.65. The molecule has 15 nitrogen and oxygen atoms in total. The first-order valence-corrected chi connectivity index (χ1v) is 13.0. The van der Waals surface area contributed by atoms with Crippen molar-refractivity contribution >= 4 is 0 Å². The van der Waals surface area contributed by atoms with E-state index in [0.29, 0.717) is 6.42 Å². The number of aliphatic hydroxyl groups is 9. The highest BCUT2D eigenvalue weighted by Crippen LogP contribution is 2.30. The van der Waals surface area contributed by atoms with Crippen molar-refractivity contribution in [2.24, 2.45) is 0 Å². The van der Waals surface area contributed by atoms with Crippen LogP contribution in [0.1, 0.15) is 5.56 Å². The highest BCUT2D eigenvalue weighted by atomic mass is 16.8. The molecule has 15 heteroatoms. The number of benzene rings is 1. The minimum atomic E-state index is -1.78. The van der Waals surface area contributed by atoms with Gasteiger partial charge < -0.3 is 74.4 Å². The quantitative estimate of drug-likeness (QED) is 0.127. The molecule has 228 valence electrons. The number of ether oxygens (including phenoxy) is 6. The molecule has 0 aromatic heterocycles. The Morgan fingerprint density at radius 2 is 1.32 bits per heavy atom. The predicted molar refractivity (Wildman–Crippen MR) is 129 cm³/mol. The first-order valence-electron chi connectivity index (χ1n) is 13.0. The van der Waals surface area contributed by atoms with Crippen LogP contribution in [0.25, 0.3) is 0 Å².